The van der Waals surface area contributed by atoms with Crippen molar-refractivity contribution in [1.82, 2.24) is 10.3 Å². The van der Waals surface area contributed by atoms with Crippen LogP contribution in [0.5, 0.6) is 0 Å². The Hall–Kier alpha value is -0.410. The lowest BCUT2D eigenvalue weighted by molar-refractivity contribution is 0.229. The second-order valence-electron chi connectivity index (χ2n) is 5.33. The second kappa shape index (κ2) is 7.25. The highest BCUT2D eigenvalue weighted by atomic mass is 79.9. The Morgan fingerprint density at radius 2 is 2.06 bits per heavy atom. The maximum absolute atomic E-state index is 4.27. The monoisotopic (exact) mass is 310 g/mol. The summed E-state index contributed by atoms with van der Waals surface area (Å²) in [6.07, 6.45) is 10.6. The number of hydrogen-bond donors (Lipinski definition) is 1. The van der Waals surface area contributed by atoms with Gasteiger partial charge in [-0.15, -0.1) is 0 Å². The molecule has 2 nitrogen and oxygen atoms in total. The lowest BCUT2D eigenvalue weighted by Crippen LogP contribution is -2.31. The van der Waals surface area contributed by atoms with E-state index in [9.17, 15) is 0 Å². The summed E-state index contributed by atoms with van der Waals surface area (Å²) in [6, 6.07) is 2.21. The molecule has 1 heterocycles. The van der Waals surface area contributed by atoms with Gasteiger partial charge in [0.1, 0.15) is 0 Å². The average molecular weight is 311 g/mol. The number of rotatable bonds is 5. The fourth-order valence-corrected chi connectivity index (χ4v) is 3.43. The molecule has 18 heavy (non-hydrogen) atoms. The number of nitrogens with one attached hydrogen (secondary N) is 1. The van der Waals surface area contributed by atoms with Crippen LogP contribution in [0.25, 0.3) is 0 Å². The molecule has 0 aliphatic heterocycles. The predicted molar refractivity (Wildman–Crippen MR) is 79.6 cm³/mol. The van der Waals surface area contributed by atoms with E-state index in [4.69, 9.17) is 0 Å². The predicted octanol–water partition coefficient (Wildman–Crippen LogP) is 3.80. The van der Waals surface area contributed by atoms with E-state index in [2.05, 4.69) is 39.2 Å². The third-order valence-corrected chi connectivity index (χ3v) is 4.42. The van der Waals surface area contributed by atoms with Crippen molar-refractivity contribution in [2.24, 2.45) is 11.8 Å². The van der Waals surface area contributed by atoms with Crippen LogP contribution in [-0.4, -0.2) is 18.1 Å². The highest BCUT2D eigenvalue weighted by molar-refractivity contribution is 9.10. The van der Waals surface area contributed by atoms with Crippen molar-refractivity contribution in [3.63, 3.8) is 0 Å². The van der Waals surface area contributed by atoms with Gasteiger partial charge in [0.15, 0.2) is 0 Å². The molecule has 0 aromatic carbocycles. The Kier molecular flexibility index (Phi) is 5.64. The molecule has 1 aliphatic rings. The van der Waals surface area contributed by atoms with Gasteiger partial charge in [-0.2, -0.15) is 0 Å². The van der Waals surface area contributed by atoms with E-state index >= 15 is 0 Å². The van der Waals surface area contributed by atoms with Crippen LogP contribution in [0.1, 0.15) is 38.2 Å². The number of aromatic nitrogens is 1. The largest absolute Gasteiger partial charge is 0.317 e. The zero-order chi connectivity index (χ0) is 12.8. The van der Waals surface area contributed by atoms with Gasteiger partial charge in [-0.3, -0.25) is 4.98 Å². The molecule has 1 saturated carbocycles. The number of pyridine rings is 1. The Morgan fingerprint density at radius 1 is 1.28 bits per heavy atom. The highest BCUT2D eigenvalue weighted by Gasteiger charge is 2.24. The van der Waals surface area contributed by atoms with Crippen LogP contribution in [0.15, 0.2) is 22.9 Å². The van der Waals surface area contributed by atoms with E-state index < -0.39 is 0 Å². The fraction of sp³-hybridized carbons (Fsp3) is 0.667. The van der Waals surface area contributed by atoms with Crippen molar-refractivity contribution in [1.29, 1.82) is 0 Å². The van der Waals surface area contributed by atoms with Crippen LogP contribution < -0.4 is 5.32 Å². The van der Waals surface area contributed by atoms with Gasteiger partial charge in [0.2, 0.25) is 0 Å². The van der Waals surface area contributed by atoms with Gasteiger partial charge >= 0.3 is 0 Å². The minimum Gasteiger partial charge on any atom is -0.317 e. The molecule has 3 heteroatoms. The molecule has 0 bridgehead atoms. The van der Waals surface area contributed by atoms with Crippen LogP contribution in [0.3, 0.4) is 0 Å². The third-order valence-electron chi connectivity index (χ3n) is 3.98. The summed E-state index contributed by atoms with van der Waals surface area (Å²) in [6.45, 7) is 4.46. The molecular formula is C15H23BrN2. The van der Waals surface area contributed by atoms with Gasteiger partial charge in [0.05, 0.1) is 0 Å². The summed E-state index contributed by atoms with van der Waals surface area (Å²) in [5, 5.41) is 3.52. The van der Waals surface area contributed by atoms with Gasteiger partial charge in [-0.1, -0.05) is 19.8 Å². The minimum absolute atomic E-state index is 0.828. The van der Waals surface area contributed by atoms with E-state index in [1.54, 1.807) is 0 Å². The molecule has 2 rings (SSSR count). The van der Waals surface area contributed by atoms with Crippen LogP contribution in [0, 0.1) is 11.8 Å². The molecule has 1 N–H and O–H groups in total. The molecule has 0 amide bonds. The normalized spacial score (nSPS) is 24.1. The van der Waals surface area contributed by atoms with Crippen molar-refractivity contribution < 1.29 is 0 Å². The van der Waals surface area contributed by atoms with Crippen molar-refractivity contribution in [3.05, 3.63) is 28.5 Å². The molecule has 0 radical (unpaired) electrons. The van der Waals surface area contributed by atoms with E-state index in [0.29, 0.717) is 0 Å². The first-order chi connectivity index (χ1) is 8.79. The van der Waals surface area contributed by atoms with Gasteiger partial charge in [-0.25, -0.2) is 0 Å². The summed E-state index contributed by atoms with van der Waals surface area (Å²) < 4.78 is 1.10. The summed E-state index contributed by atoms with van der Waals surface area (Å²) in [4.78, 5) is 4.27. The van der Waals surface area contributed by atoms with E-state index in [1.165, 1.54) is 44.2 Å². The molecule has 1 aromatic heterocycles. The summed E-state index contributed by atoms with van der Waals surface area (Å²) >= 11 is 3.51. The van der Waals surface area contributed by atoms with Crippen LogP contribution in [0.2, 0.25) is 0 Å². The van der Waals surface area contributed by atoms with E-state index in [1.807, 2.05) is 12.4 Å². The van der Waals surface area contributed by atoms with Crippen molar-refractivity contribution in [2.45, 2.75) is 39.0 Å². The number of halogens is 1. The van der Waals surface area contributed by atoms with Gasteiger partial charge in [0, 0.05) is 16.9 Å². The standard InChI is InChI=1S/C15H23BrN2/c1-2-17-10-14-6-4-3-5-13(14)7-12-8-15(16)11-18-9-12/h8-9,11,13-14,17H,2-7,10H2,1H3. The maximum Gasteiger partial charge on any atom is 0.0410 e. The second-order valence-corrected chi connectivity index (χ2v) is 6.24. The first-order valence-electron chi connectivity index (χ1n) is 7.09. The number of hydrogen-bond acceptors (Lipinski definition) is 2. The smallest absolute Gasteiger partial charge is 0.0410 e. The molecule has 1 aliphatic carbocycles. The van der Waals surface area contributed by atoms with Crippen LogP contribution in [-0.2, 0) is 6.42 Å². The summed E-state index contributed by atoms with van der Waals surface area (Å²) in [5.74, 6) is 1.67. The Labute approximate surface area is 119 Å². The zero-order valence-corrected chi connectivity index (χ0v) is 12.7. The lowest BCUT2D eigenvalue weighted by Gasteiger charge is -2.31. The molecule has 1 fully saturated rings. The molecular weight excluding hydrogens is 288 g/mol. The first-order valence-corrected chi connectivity index (χ1v) is 7.89. The van der Waals surface area contributed by atoms with Gasteiger partial charge in [0.25, 0.3) is 0 Å². The molecule has 2 atom stereocenters. The maximum atomic E-state index is 4.27. The lowest BCUT2D eigenvalue weighted by atomic mass is 9.76. The van der Waals surface area contributed by atoms with Crippen LogP contribution in [0.4, 0.5) is 0 Å². The van der Waals surface area contributed by atoms with Gasteiger partial charge in [-0.05, 0) is 71.7 Å². The molecule has 1 aromatic rings. The van der Waals surface area contributed by atoms with Crippen molar-refractivity contribution in [3.8, 4) is 0 Å². The quantitative estimate of drug-likeness (QED) is 0.894. The molecule has 0 saturated heterocycles. The Morgan fingerprint density at radius 3 is 2.78 bits per heavy atom. The highest BCUT2D eigenvalue weighted by Crippen LogP contribution is 2.32. The van der Waals surface area contributed by atoms with Gasteiger partial charge < -0.3 is 5.32 Å². The van der Waals surface area contributed by atoms with Crippen molar-refractivity contribution >= 4 is 15.9 Å². The van der Waals surface area contributed by atoms with E-state index in [0.717, 1.165) is 22.9 Å². The SMILES string of the molecule is CCNCC1CCCCC1Cc1cncc(Br)c1. The third kappa shape index (κ3) is 4.06. The summed E-state index contributed by atoms with van der Waals surface area (Å²) in [5.41, 5.74) is 1.37. The van der Waals surface area contributed by atoms with E-state index in [-0.39, 0.29) is 0 Å². The minimum atomic E-state index is 0.828. The zero-order valence-electron chi connectivity index (χ0n) is 11.2. The fourth-order valence-electron chi connectivity index (χ4n) is 3.02. The number of nitrogens with zero attached hydrogens (tertiary/aromatic N) is 1. The van der Waals surface area contributed by atoms with Crippen LogP contribution >= 0.6 is 15.9 Å². The topological polar surface area (TPSA) is 24.9 Å². The first kappa shape index (κ1) is 14.0. The van der Waals surface area contributed by atoms with Crippen molar-refractivity contribution in [2.75, 3.05) is 13.1 Å². The Balaban J connectivity index is 1.96. The average Bonchev–Trinajstić information content (AvgIpc) is 2.38. The molecule has 100 valence electrons. The molecule has 0 spiro atoms. The summed E-state index contributed by atoms with van der Waals surface area (Å²) in [7, 11) is 0. The Bertz CT molecular complexity index is 367. The molecule has 2 unspecified atom stereocenters.